The molecule has 2 bridgehead atoms. The Balaban J connectivity index is 2.02. The third-order valence-corrected chi connectivity index (χ3v) is 3.96. The number of nitrogen functional groups attached to an aromatic ring is 1. The summed E-state index contributed by atoms with van der Waals surface area (Å²) in [5.41, 5.74) is 6.75. The Bertz CT molecular complexity index is 523. The van der Waals surface area contributed by atoms with Crippen LogP contribution in [0.25, 0.3) is 0 Å². The second-order valence-electron chi connectivity index (χ2n) is 5.07. The van der Waals surface area contributed by atoms with E-state index in [9.17, 15) is 9.90 Å². The lowest BCUT2D eigenvalue weighted by Crippen LogP contribution is -2.43. The molecule has 3 rings (SSSR count). The summed E-state index contributed by atoms with van der Waals surface area (Å²) in [6, 6.07) is 3.06. The van der Waals surface area contributed by atoms with E-state index in [-0.39, 0.29) is 17.8 Å². The topological polar surface area (TPSA) is 75.8 Å². The van der Waals surface area contributed by atoms with Crippen molar-refractivity contribution in [2.45, 2.75) is 25.0 Å². The largest absolute Gasteiger partial charge is 0.478 e. The summed E-state index contributed by atoms with van der Waals surface area (Å²) < 4.78 is 5.76. The molecule has 102 valence electrons. The third kappa shape index (κ3) is 2.24. The van der Waals surface area contributed by atoms with Crippen molar-refractivity contribution in [3.63, 3.8) is 0 Å². The number of carbonyl (C=O) groups is 1. The highest BCUT2D eigenvalue weighted by Crippen LogP contribution is 2.37. The van der Waals surface area contributed by atoms with Crippen molar-refractivity contribution in [2.75, 3.05) is 23.7 Å². The summed E-state index contributed by atoms with van der Waals surface area (Å²) in [5, 5.41) is 9.71. The first kappa shape index (κ1) is 12.6. The molecule has 3 N–H and O–H groups in total. The van der Waals surface area contributed by atoms with Crippen LogP contribution >= 0.6 is 11.6 Å². The highest BCUT2D eigenvalue weighted by atomic mass is 35.5. The number of nitrogens with zero attached hydrogens (tertiary/aromatic N) is 1. The average molecular weight is 283 g/mol. The molecular formula is C13H15ClN2O3. The van der Waals surface area contributed by atoms with E-state index in [4.69, 9.17) is 22.1 Å². The number of ether oxygens (including phenoxy) is 1. The fourth-order valence-corrected chi connectivity index (χ4v) is 3.25. The maximum atomic E-state index is 11.4. The number of halogens is 1. The number of benzene rings is 1. The smallest absolute Gasteiger partial charge is 0.337 e. The van der Waals surface area contributed by atoms with Crippen LogP contribution in [0.2, 0.25) is 5.02 Å². The molecule has 1 aromatic rings. The molecule has 19 heavy (non-hydrogen) atoms. The van der Waals surface area contributed by atoms with Crippen molar-refractivity contribution in [3.8, 4) is 0 Å². The van der Waals surface area contributed by atoms with Crippen LogP contribution in [0.1, 0.15) is 23.2 Å². The van der Waals surface area contributed by atoms with Gasteiger partial charge in [-0.25, -0.2) is 4.79 Å². The van der Waals surface area contributed by atoms with Crippen LogP contribution in [0.5, 0.6) is 0 Å². The lowest BCUT2D eigenvalue weighted by Gasteiger charge is -2.35. The second-order valence-corrected chi connectivity index (χ2v) is 5.47. The first-order valence-electron chi connectivity index (χ1n) is 6.27. The molecule has 0 aliphatic carbocycles. The lowest BCUT2D eigenvalue weighted by atomic mass is 10.1. The average Bonchev–Trinajstić information content (AvgIpc) is 2.67. The van der Waals surface area contributed by atoms with Gasteiger partial charge in [0.15, 0.2) is 0 Å². The summed E-state index contributed by atoms with van der Waals surface area (Å²) >= 11 is 6.20. The van der Waals surface area contributed by atoms with E-state index in [0.717, 1.165) is 12.8 Å². The number of carboxylic acid groups (broad SMARTS) is 1. The fraction of sp³-hybridized carbons (Fsp3) is 0.462. The highest BCUT2D eigenvalue weighted by molar-refractivity contribution is 6.34. The van der Waals surface area contributed by atoms with Gasteiger partial charge in [0.1, 0.15) is 0 Å². The maximum absolute atomic E-state index is 11.4. The van der Waals surface area contributed by atoms with Crippen molar-refractivity contribution in [2.24, 2.45) is 0 Å². The van der Waals surface area contributed by atoms with Crippen molar-refractivity contribution >= 4 is 28.9 Å². The predicted molar refractivity (Wildman–Crippen MR) is 72.9 cm³/mol. The van der Waals surface area contributed by atoms with Gasteiger partial charge in [-0.1, -0.05) is 11.6 Å². The number of hydrogen-bond acceptors (Lipinski definition) is 4. The first-order valence-corrected chi connectivity index (χ1v) is 6.65. The predicted octanol–water partition coefficient (Wildman–Crippen LogP) is 1.99. The van der Waals surface area contributed by atoms with E-state index in [2.05, 4.69) is 0 Å². The summed E-state index contributed by atoms with van der Waals surface area (Å²) in [6.07, 6.45) is 2.40. The fourth-order valence-electron chi connectivity index (χ4n) is 2.90. The Kier molecular flexibility index (Phi) is 3.03. The molecule has 2 atom stereocenters. The van der Waals surface area contributed by atoms with Gasteiger partial charge in [0.05, 0.1) is 28.5 Å². The van der Waals surface area contributed by atoms with E-state index < -0.39 is 5.97 Å². The van der Waals surface area contributed by atoms with Crippen LogP contribution in [0.3, 0.4) is 0 Å². The Hall–Kier alpha value is -1.46. The number of fused-ring (bicyclic) bond motifs is 2. The van der Waals surface area contributed by atoms with E-state index in [0.29, 0.717) is 29.5 Å². The second kappa shape index (κ2) is 4.58. The molecule has 2 unspecified atom stereocenters. The van der Waals surface area contributed by atoms with E-state index >= 15 is 0 Å². The minimum atomic E-state index is -1.01. The van der Waals surface area contributed by atoms with E-state index in [1.165, 1.54) is 6.07 Å². The van der Waals surface area contributed by atoms with Gasteiger partial charge in [0, 0.05) is 18.8 Å². The molecule has 0 spiro atoms. The van der Waals surface area contributed by atoms with Crippen LogP contribution in [-0.4, -0.2) is 36.4 Å². The van der Waals surface area contributed by atoms with Crippen LogP contribution < -0.4 is 10.6 Å². The molecule has 0 saturated carbocycles. The zero-order valence-corrected chi connectivity index (χ0v) is 11.1. The monoisotopic (exact) mass is 282 g/mol. The number of carboxylic acids is 1. The lowest BCUT2D eigenvalue weighted by molar-refractivity contribution is 0.0303. The van der Waals surface area contributed by atoms with Crippen LogP contribution in [0.15, 0.2) is 12.1 Å². The Morgan fingerprint density at radius 3 is 2.58 bits per heavy atom. The van der Waals surface area contributed by atoms with Crippen molar-refractivity contribution < 1.29 is 14.6 Å². The number of anilines is 2. The SMILES string of the molecule is Nc1cc(Cl)c(N2CC3CCC(C2)O3)c(C(=O)O)c1. The minimum Gasteiger partial charge on any atom is -0.478 e. The standard InChI is InChI=1S/C13H15ClN2O3/c14-11-4-7(15)3-10(13(17)18)12(11)16-5-8-1-2-9(6-16)19-8/h3-4,8-9H,1-2,5-6,15H2,(H,17,18). The molecular weight excluding hydrogens is 268 g/mol. The van der Waals surface area contributed by atoms with Gasteiger partial charge in [-0.05, 0) is 25.0 Å². The molecule has 2 saturated heterocycles. The van der Waals surface area contributed by atoms with E-state index in [1.807, 2.05) is 4.90 Å². The molecule has 0 aromatic heterocycles. The molecule has 0 radical (unpaired) electrons. The van der Waals surface area contributed by atoms with Crippen molar-refractivity contribution in [3.05, 3.63) is 22.7 Å². The molecule has 2 fully saturated rings. The van der Waals surface area contributed by atoms with Gasteiger partial charge >= 0.3 is 5.97 Å². The third-order valence-electron chi connectivity index (χ3n) is 3.68. The highest BCUT2D eigenvalue weighted by Gasteiger charge is 2.35. The normalized spacial score (nSPS) is 25.6. The molecule has 6 heteroatoms. The minimum absolute atomic E-state index is 0.159. The number of aromatic carboxylic acids is 1. The van der Waals surface area contributed by atoms with Gasteiger partial charge in [-0.3, -0.25) is 0 Å². The van der Waals surface area contributed by atoms with Crippen molar-refractivity contribution in [1.82, 2.24) is 0 Å². The number of hydrogen-bond donors (Lipinski definition) is 2. The van der Waals surface area contributed by atoms with Crippen molar-refractivity contribution in [1.29, 1.82) is 0 Å². The van der Waals surface area contributed by atoms with Gasteiger partial charge in [0.25, 0.3) is 0 Å². The van der Waals surface area contributed by atoms with Gasteiger partial charge < -0.3 is 20.5 Å². The summed E-state index contributed by atoms with van der Waals surface area (Å²) in [4.78, 5) is 13.4. The molecule has 2 aliphatic rings. The zero-order valence-electron chi connectivity index (χ0n) is 10.3. The Morgan fingerprint density at radius 1 is 1.37 bits per heavy atom. The van der Waals surface area contributed by atoms with E-state index in [1.54, 1.807) is 6.07 Å². The summed E-state index contributed by atoms with van der Waals surface area (Å²) in [5.74, 6) is -1.01. The molecule has 0 amide bonds. The number of morpholine rings is 1. The maximum Gasteiger partial charge on any atom is 0.337 e. The number of nitrogens with two attached hydrogens (primary N) is 1. The number of rotatable bonds is 2. The van der Waals surface area contributed by atoms with Gasteiger partial charge in [-0.15, -0.1) is 0 Å². The van der Waals surface area contributed by atoms with Crippen LogP contribution in [0, 0.1) is 0 Å². The molecule has 1 aromatic carbocycles. The zero-order chi connectivity index (χ0) is 13.6. The summed E-state index contributed by atoms with van der Waals surface area (Å²) in [7, 11) is 0. The Morgan fingerprint density at radius 2 is 2.00 bits per heavy atom. The summed E-state index contributed by atoms with van der Waals surface area (Å²) in [6.45, 7) is 1.36. The van der Waals surface area contributed by atoms with Crippen LogP contribution in [0.4, 0.5) is 11.4 Å². The molecule has 2 heterocycles. The van der Waals surface area contributed by atoms with Crippen LogP contribution in [-0.2, 0) is 4.74 Å². The first-order chi connectivity index (χ1) is 9.04. The molecule has 2 aliphatic heterocycles. The molecule has 5 nitrogen and oxygen atoms in total. The Labute approximate surface area is 115 Å². The van der Waals surface area contributed by atoms with Gasteiger partial charge in [-0.2, -0.15) is 0 Å². The van der Waals surface area contributed by atoms with Gasteiger partial charge in [0.2, 0.25) is 0 Å². The quantitative estimate of drug-likeness (QED) is 0.811.